The molecule has 0 amide bonds. The first-order valence-electron chi connectivity index (χ1n) is 10.9. The van der Waals surface area contributed by atoms with Gasteiger partial charge in [-0.1, -0.05) is 19.1 Å². The molecule has 6 nitrogen and oxygen atoms in total. The van der Waals surface area contributed by atoms with Crippen LogP contribution in [0.4, 0.5) is 0 Å². The summed E-state index contributed by atoms with van der Waals surface area (Å²) in [6, 6.07) is 11.9. The number of oxazole rings is 1. The van der Waals surface area contributed by atoms with Crippen molar-refractivity contribution in [1.82, 2.24) is 14.9 Å². The molecular formula is C24H29N3O3S. The van der Waals surface area contributed by atoms with Gasteiger partial charge in [-0.25, -0.2) is 18.4 Å². The zero-order valence-corrected chi connectivity index (χ0v) is 19.2. The molecule has 1 saturated heterocycles. The van der Waals surface area contributed by atoms with Gasteiger partial charge in [-0.05, 0) is 63.1 Å². The summed E-state index contributed by atoms with van der Waals surface area (Å²) in [5.74, 6) is 1.56. The third-order valence-electron chi connectivity index (χ3n) is 6.12. The number of likely N-dealkylation sites (tertiary alicyclic amines) is 1. The minimum atomic E-state index is -3.29. The average Bonchev–Trinajstić information content (AvgIpc) is 3.37. The summed E-state index contributed by atoms with van der Waals surface area (Å²) in [6.45, 7) is 8.08. The van der Waals surface area contributed by atoms with Crippen LogP contribution >= 0.6 is 0 Å². The van der Waals surface area contributed by atoms with Gasteiger partial charge in [0, 0.05) is 36.3 Å². The first-order chi connectivity index (χ1) is 14.9. The smallest absolute Gasteiger partial charge is 0.226 e. The van der Waals surface area contributed by atoms with Crippen molar-refractivity contribution >= 4 is 9.84 Å². The van der Waals surface area contributed by atoms with Crippen LogP contribution in [-0.2, 0) is 16.3 Å². The summed E-state index contributed by atoms with van der Waals surface area (Å²) >= 11 is 0. The fourth-order valence-corrected chi connectivity index (χ4v) is 4.83. The second-order valence-corrected chi connectivity index (χ2v) is 10.4. The molecule has 0 saturated carbocycles. The Labute approximate surface area is 184 Å². The quantitative estimate of drug-likeness (QED) is 0.538. The lowest BCUT2D eigenvalue weighted by Crippen LogP contribution is -2.29. The first-order valence-corrected chi connectivity index (χ1v) is 12.5. The SMILES string of the molecule is CCS(=O)(=O)c1ccc(-c2ccc(-c3nc(CCN4CCC[C@H]4C)c(C)o3)cc2)cn1. The Morgan fingerprint density at radius 1 is 1.10 bits per heavy atom. The maximum atomic E-state index is 11.9. The van der Waals surface area contributed by atoms with Crippen LogP contribution in [-0.4, -0.2) is 48.2 Å². The molecule has 164 valence electrons. The largest absolute Gasteiger partial charge is 0.441 e. The van der Waals surface area contributed by atoms with E-state index in [0.717, 1.165) is 41.1 Å². The number of rotatable bonds is 7. The summed E-state index contributed by atoms with van der Waals surface area (Å²) in [5.41, 5.74) is 3.77. The van der Waals surface area contributed by atoms with E-state index in [9.17, 15) is 8.42 Å². The molecule has 1 aliphatic heterocycles. The zero-order valence-electron chi connectivity index (χ0n) is 18.3. The minimum Gasteiger partial charge on any atom is -0.441 e. The third-order valence-corrected chi connectivity index (χ3v) is 7.76. The molecule has 1 aliphatic rings. The van der Waals surface area contributed by atoms with Crippen molar-refractivity contribution in [3.8, 4) is 22.6 Å². The van der Waals surface area contributed by atoms with Crippen LogP contribution in [0.3, 0.4) is 0 Å². The van der Waals surface area contributed by atoms with Crippen LogP contribution < -0.4 is 0 Å². The molecule has 1 fully saturated rings. The van der Waals surface area contributed by atoms with Crippen LogP contribution in [0.15, 0.2) is 52.0 Å². The molecule has 7 heteroatoms. The van der Waals surface area contributed by atoms with Crippen molar-refractivity contribution < 1.29 is 12.8 Å². The predicted octanol–water partition coefficient (Wildman–Crippen LogP) is 4.53. The van der Waals surface area contributed by atoms with E-state index in [0.29, 0.717) is 11.9 Å². The minimum absolute atomic E-state index is 0.0443. The summed E-state index contributed by atoms with van der Waals surface area (Å²) in [7, 11) is -3.29. The summed E-state index contributed by atoms with van der Waals surface area (Å²) in [6.07, 6.45) is 5.06. The maximum Gasteiger partial charge on any atom is 0.226 e. The van der Waals surface area contributed by atoms with E-state index in [1.165, 1.54) is 19.4 Å². The normalized spacial score (nSPS) is 17.3. The van der Waals surface area contributed by atoms with Crippen LogP contribution in [0.2, 0.25) is 0 Å². The average molecular weight is 440 g/mol. The molecule has 0 radical (unpaired) electrons. The van der Waals surface area contributed by atoms with Crippen molar-refractivity contribution in [2.45, 2.75) is 51.1 Å². The number of benzene rings is 1. The molecular weight excluding hydrogens is 410 g/mol. The van der Waals surface area contributed by atoms with Crippen LogP contribution in [0.25, 0.3) is 22.6 Å². The standard InChI is InChI=1S/C24H29N3O3S/c1-4-31(28,29)23-12-11-21(16-25-23)19-7-9-20(10-8-19)24-26-22(18(3)30-24)13-15-27-14-5-6-17(27)2/h7-12,16-17H,4-6,13-15H2,1-3H3/t17-/m1/s1. The monoisotopic (exact) mass is 439 g/mol. The van der Waals surface area contributed by atoms with Crippen molar-refractivity contribution in [3.05, 3.63) is 54.0 Å². The molecule has 1 aromatic carbocycles. The van der Waals surface area contributed by atoms with Gasteiger partial charge in [-0.2, -0.15) is 0 Å². The first kappa shape index (κ1) is 21.7. The Bertz CT molecular complexity index is 1140. The Morgan fingerprint density at radius 3 is 2.42 bits per heavy atom. The summed E-state index contributed by atoms with van der Waals surface area (Å²) in [4.78, 5) is 11.4. The predicted molar refractivity (Wildman–Crippen MR) is 122 cm³/mol. The Morgan fingerprint density at radius 2 is 1.81 bits per heavy atom. The molecule has 31 heavy (non-hydrogen) atoms. The number of nitrogens with zero attached hydrogens (tertiary/aromatic N) is 3. The molecule has 0 N–H and O–H groups in total. The molecule has 0 bridgehead atoms. The number of aromatic nitrogens is 2. The van der Waals surface area contributed by atoms with Crippen molar-refractivity contribution in [3.63, 3.8) is 0 Å². The number of sulfone groups is 1. The van der Waals surface area contributed by atoms with Gasteiger partial charge in [-0.15, -0.1) is 0 Å². The maximum absolute atomic E-state index is 11.9. The zero-order chi connectivity index (χ0) is 22.0. The molecule has 0 unspecified atom stereocenters. The fourth-order valence-electron chi connectivity index (χ4n) is 4.05. The fraction of sp³-hybridized carbons (Fsp3) is 0.417. The molecule has 1 atom stereocenters. The lowest BCUT2D eigenvalue weighted by molar-refractivity contribution is 0.271. The molecule has 4 rings (SSSR count). The summed E-state index contributed by atoms with van der Waals surface area (Å²) in [5, 5.41) is 0.112. The van der Waals surface area contributed by atoms with Crippen molar-refractivity contribution in [2.75, 3.05) is 18.8 Å². The van der Waals surface area contributed by atoms with E-state index in [4.69, 9.17) is 9.40 Å². The lowest BCUT2D eigenvalue weighted by atomic mass is 10.1. The van der Waals surface area contributed by atoms with E-state index in [1.54, 1.807) is 25.3 Å². The van der Waals surface area contributed by atoms with E-state index >= 15 is 0 Å². The Kier molecular flexibility index (Phi) is 6.25. The van der Waals surface area contributed by atoms with Crippen molar-refractivity contribution in [2.24, 2.45) is 0 Å². The van der Waals surface area contributed by atoms with Crippen molar-refractivity contribution in [1.29, 1.82) is 0 Å². The highest BCUT2D eigenvalue weighted by Gasteiger charge is 2.21. The third kappa shape index (κ3) is 4.72. The number of hydrogen-bond donors (Lipinski definition) is 0. The highest BCUT2D eigenvalue weighted by molar-refractivity contribution is 7.91. The van der Waals surface area contributed by atoms with Gasteiger partial charge in [0.15, 0.2) is 14.9 Å². The molecule has 0 spiro atoms. The van der Waals surface area contributed by atoms with E-state index in [-0.39, 0.29) is 10.8 Å². The lowest BCUT2D eigenvalue weighted by Gasteiger charge is -2.20. The second kappa shape index (κ2) is 8.93. The molecule has 0 aliphatic carbocycles. The Hall–Kier alpha value is -2.51. The molecule has 3 heterocycles. The van der Waals surface area contributed by atoms with E-state index in [1.807, 2.05) is 31.2 Å². The highest BCUT2D eigenvalue weighted by atomic mass is 32.2. The van der Waals surface area contributed by atoms with Crippen LogP contribution in [0.1, 0.15) is 38.1 Å². The van der Waals surface area contributed by atoms with Crippen LogP contribution in [0.5, 0.6) is 0 Å². The van der Waals surface area contributed by atoms with Gasteiger partial charge in [0.25, 0.3) is 0 Å². The molecule has 3 aromatic rings. The topological polar surface area (TPSA) is 76.3 Å². The number of pyridine rings is 1. The van der Waals surface area contributed by atoms with Crippen LogP contribution in [0, 0.1) is 6.92 Å². The van der Waals surface area contributed by atoms with Gasteiger partial charge in [0.1, 0.15) is 5.76 Å². The Balaban J connectivity index is 1.47. The van der Waals surface area contributed by atoms with Gasteiger partial charge in [0.2, 0.25) is 5.89 Å². The summed E-state index contributed by atoms with van der Waals surface area (Å²) < 4.78 is 29.8. The highest BCUT2D eigenvalue weighted by Crippen LogP contribution is 2.27. The van der Waals surface area contributed by atoms with E-state index < -0.39 is 9.84 Å². The van der Waals surface area contributed by atoms with E-state index in [2.05, 4.69) is 16.8 Å². The van der Waals surface area contributed by atoms with Gasteiger partial charge >= 0.3 is 0 Å². The number of hydrogen-bond acceptors (Lipinski definition) is 6. The van der Waals surface area contributed by atoms with Gasteiger partial charge < -0.3 is 9.32 Å². The van der Waals surface area contributed by atoms with Gasteiger partial charge in [-0.3, -0.25) is 0 Å². The second-order valence-electron chi connectivity index (χ2n) is 8.17. The molecule has 2 aromatic heterocycles. The van der Waals surface area contributed by atoms with Gasteiger partial charge in [0.05, 0.1) is 11.4 Å². The number of aryl methyl sites for hydroxylation is 1.